The summed E-state index contributed by atoms with van der Waals surface area (Å²) in [5, 5.41) is 0. The van der Waals surface area contributed by atoms with E-state index in [0.29, 0.717) is 5.57 Å². The van der Waals surface area contributed by atoms with Crippen molar-refractivity contribution in [1.82, 2.24) is 0 Å². The lowest BCUT2D eigenvalue weighted by molar-refractivity contribution is -0.148. The quantitative estimate of drug-likeness (QED) is 0.752. The number of esters is 1. The Morgan fingerprint density at radius 3 is 2.44 bits per heavy atom. The topological polar surface area (TPSA) is 35.5 Å². The van der Waals surface area contributed by atoms with Crippen LogP contribution in [0.15, 0.2) is 35.9 Å². The largest absolute Gasteiger partial charge is 0.451 e. The number of carbonyl (C=O) groups is 1. The van der Waals surface area contributed by atoms with E-state index in [0.717, 1.165) is 11.3 Å². The van der Waals surface area contributed by atoms with E-state index in [9.17, 15) is 4.79 Å². The summed E-state index contributed by atoms with van der Waals surface area (Å²) in [5.74, 6) is 0.446. The van der Waals surface area contributed by atoms with Crippen LogP contribution in [0.4, 0.5) is 0 Å². The summed E-state index contributed by atoms with van der Waals surface area (Å²) >= 11 is 0. The van der Waals surface area contributed by atoms with Crippen molar-refractivity contribution >= 4 is 5.97 Å². The van der Waals surface area contributed by atoms with E-state index in [4.69, 9.17) is 9.47 Å². The molecule has 0 spiro atoms. The molecule has 0 radical (unpaired) electrons. The van der Waals surface area contributed by atoms with Crippen LogP contribution in [0.3, 0.4) is 0 Å². The molecular weight excluding hydrogens is 228 g/mol. The zero-order valence-corrected chi connectivity index (χ0v) is 11.2. The van der Waals surface area contributed by atoms with Gasteiger partial charge in [0, 0.05) is 11.6 Å². The van der Waals surface area contributed by atoms with E-state index in [2.05, 4.69) is 20.8 Å². The maximum atomic E-state index is 11.3. The van der Waals surface area contributed by atoms with Crippen LogP contribution in [-0.2, 0) is 14.9 Å². The number of hydrogen-bond acceptors (Lipinski definition) is 3. The molecule has 3 heteroatoms. The average Bonchev–Trinajstić information content (AvgIpc) is 2.57. The van der Waals surface area contributed by atoms with E-state index < -0.39 is 6.29 Å². The molecule has 1 aliphatic rings. The van der Waals surface area contributed by atoms with Gasteiger partial charge in [-0.1, -0.05) is 39.0 Å². The van der Waals surface area contributed by atoms with Gasteiger partial charge >= 0.3 is 5.97 Å². The molecule has 1 unspecified atom stereocenters. The molecule has 18 heavy (non-hydrogen) atoms. The van der Waals surface area contributed by atoms with E-state index in [1.54, 1.807) is 13.0 Å². The molecule has 1 heterocycles. The van der Waals surface area contributed by atoms with Gasteiger partial charge in [-0.3, -0.25) is 0 Å². The molecule has 2 rings (SSSR count). The molecule has 1 aliphatic heterocycles. The number of rotatable bonds is 2. The maximum Gasteiger partial charge on any atom is 0.336 e. The molecule has 1 aromatic rings. The molecule has 0 saturated heterocycles. The minimum absolute atomic E-state index is 0.0159. The van der Waals surface area contributed by atoms with Crippen molar-refractivity contribution in [3.8, 4) is 5.75 Å². The summed E-state index contributed by atoms with van der Waals surface area (Å²) in [4.78, 5) is 11.3. The van der Waals surface area contributed by atoms with Gasteiger partial charge in [0.2, 0.25) is 0 Å². The highest BCUT2D eigenvalue weighted by molar-refractivity contribution is 5.90. The van der Waals surface area contributed by atoms with Crippen LogP contribution in [0.5, 0.6) is 5.75 Å². The molecular formula is C15H18O3. The SMILES string of the molecule is CC1=CC(Oc2ccccc2C(C)(C)C)OC1=O. The Morgan fingerprint density at radius 1 is 1.22 bits per heavy atom. The van der Waals surface area contributed by atoms with Gasteiger partial charge in [0.25, 0.3) is 6.29 Å². The van der Waals surface area contributed by atoms with Gasteiger partial charge in [-0.15, -0.1) is 0 Å². The van der Waals surface area contributed by atoms with Gasteiger partial charge in [-0.05, 0) is 24.0 Å². The first-order valence-electron chi connectivity index (χ1n) is 6.03. The summed E-state index contributed by atoms with van der Waals surface area (Å²) in [6.45, 7) is 8.09. The summed E-state index contributed by atoms with van der Waals surface area (Å²) in [6, 6.07) is 7.83. The second kappa shape index (κ2) is 4.48. The summed E-state index contributed by atoms with van der Waals surface area (Å²) < 4.78 is 10.8. The predicted molar refractivity (Wildman–Crippen MR) is 69.4 cm³/mol. The highest BCUT2D eigenvalue weighted by Crippen LogP contribution is 2.32. The zero-order chi connectivity index (χ0) is 13.3. The normalized spacial score (nSPS) is 19.4. The highest BCUT2D eigenvalue weighted by Gasteiger charge is 2.26. The van der Waals surface area contributed by atoms with Crippen LogP contribution in [0.2, 0.25) is 0 Å². The first kappa shape index (κ1) is 12.7. The third-order valence-corrected chi connectivity index (χ3v) is 2.87. The van der Waals surface area contributed by atoms with Crippen LogP contribution in [0, 0.1) is 0 Å². The van der Waals surface area contributed by atoms with Gasteiger partial charge in [0.05, 0.1) is 0 Å². The number of cyclic esters (lactones) is 1. The van der Waals surface area contributed by atoms with Crippen LogP contribution in [-0.4, -0.2) is 12.3 Å². The van der Waals surface area contributed by atoms with Crippen molar-refractivity contribution in [2.75, 3.05) is 0 Å². The summed E-state index contributed by atoms with van der Waals surface area (Å²) in [6.07, 6.45) is 1.09. The molecule has 0 aromatic heterocycles. The fraction of sp³-hybridized carbons (Fsp3) is 0.400. The van der Waals surface area contributed by atoms with Crippen molar-refractivity contribution in [3.63, 3.8) is 0 Å². The summed E-state index contributed by atoms with van der Waals surface area (Å²) in [7, 11) is 0. The van der Waals surface area contributed by atoms with E-state index in [1.165, 1.54) is 0 Å². The number of para-hydroxylation sites is 1. The Morgan fingerprint density at radius 2 is 1.89 bits per heavy atom. The second-order valence-corrected chi connectivity index (χ2v) is 5.49. The Bertz CT molecular complexity index is 495. The smallest absolute Gasteiger partial charge is 0.336 e. The van der Waals surface area contributed by atoms with Crippen LogP contribution in [0.1, 0.15) is 33.3 Å². The first-order chi connectivity index (χ1) is 8.38. The molecule has 0 N–H and O–H groups in total. The number of benzene rings is 1. The molecule has 0 fully saturated rings. The van der Waals surface area contributed by atoms with Gasteiger partial charge in [0.1, 0.15) is 5.75 Å². The number of carbonyl (C=O) groups excluding carboxylic acids is 1. The second-order valence-electron chi connectivity index (χ2n) is 5.49. The Kier molecular flexibility index (Phi) is 3.16. The minimum Gasteiger partial charge on any atom is -0.451 e. The van der Waals surface area contributed by atoms with Crippen molar-refractivity contribution in [3.05, 3.63) is 41.5 Å². The van der Waals surface area contributed by atoms with Crippen LogP contribution >= 0.6 is 0 Å². The van der Waals surface area contributed by atoms with Crippen LogP contribution in [0.25, 0.3) is 0 Å². The fourth-order valence-electron chi connectivity index (χ4n) is 1.88. The Labute approximate surface area is 107 Å². The summed E-state index contributed by atoms with van der Waals surface area (Å²) in [5.41, 5.74) is 1.67. The lowest BCUT2D eigenvalue weighted by atomic mass is 9.86. The predicted octanol–water partition coefficient (Wildman–Crippen LogP) is 3.19. The standard InChI is InChI=1S/C15H18O3/c1-10-9-13(18-14(10)16)17-12-8-6-5-7-11(12)15(2,3)4/h5-9,13H,1-4H3. The van der Waals surface area contributed by atoms with Gasteiger partial charge in [-0.2, -0.15) is 0 Å². The van der Waals surface area contributed by atoms with E-state index in [-0.39, 0.29) is 11.4 Å². The molecule has 1 atom stereocenters. The van der Waals surface area contributed by atoms with Gasteiger partial charge in [0.15, 0.2) is 0 Å². The molecule has 96 valence electrons. The van der Waals surface area contributed by atoms with Gasteiger partial charge < -0.3 is 9.47 Å². The number of ether oxygens (including phenoxy) is 2. The Hall–Kier alpha value is -1.77. The van der Waals surface area contributed by atoms with Crippen molar-refractivity contribution in [2.45, 2.75) is 39.4 Å². The van der Waals surface area contributed by atoms with Crippen molar-refractivity contribution in [1.29, 1.82) is 0 Å². The molecule has 3 nitrogen and oxygen atoms in total. The zero-order valence-electron chi connectivity index (χ0n) is 11.2. The number of hydrogen-bond donors (Lipinski definition) is 0. The molecule has 0 saturated carbocycles. The monoisotopic (exact) mass is 246 g/mol. The van der Waals surface area contributed by atoms with Crippen LogP contribution < -0.4 is 4.74 Å². The molecule has 0 amide bonds. The van der Waals surface area contributed by atoms with E-state index >= 15 is 0 Å². The van der Waals surface area contributed by atoms with Gasteiger partial charge in [-0.25, -0.2) is 4.79 Å². The fourth-order valence-corrected chi connectivity index (χ4v) is 1.88. The van der Waals surface area contributed by atoms with Crippen molar-refractivity contribution in [2.24, 2.45) is 0 Å². The first-order valence-corrected chi connectivity index (χ1v) is 6.03. The third kappa shape index (κ3) is 2.55. The maximum absolute atomic E-state index is 11.3. The lowest BCUT2D eigenvalue weighted by Crippen LogP contribution is -2.19. The molecule has 1 aromatic carbocycles. The third-order valence-electron chi connectivity index (χ3n) is 2.87. The highest BCUT2D eigenvalue weighted by atomic mass is 16.7. The lowest BCUT2D eigenvalue weighted by Gasteiger charge is -2.23. The Balaban J connectivity index is 2.23. The van der Waals surface area contributed by atoms with Crippen molar-refractivity contribution < 1.29 is 14.3 Å². The molecule has 0 bridgehead atoms. The van der Waals surface area contributed by atoms with E-state index in [1.807, 2.05) is 24.3 Å². The minimum atomic E-state index is -0.610. The molecule has 0 aliphatic carbocycles. The average molecular weight is 246 g/mol.